The molecule has 1 heterocycles. The summed E-state index contributed by atoms with van der Waals surface area (Å²) in [6.45, 7) is 3.89. The van der Waals surface area contributed by atoms with Crippen LogP contribution in [0.25, 0.3) is 0 Å². The Morgan fingerprint density at radius 3 is 2.55 bits per heavy atom. The molecule has 0 atom stereocenters. The van der Waals surface area contributed by atoms with Crippen molar-refractivity contribution in [3.05, 3.63) is 83.4 Å². The van der Waals surface area contributed by atoms with Gasteiger partial charge in [0, 0.05) is 26.1 Å². The number of hydrogen-bond donors (Lipinski definition) is 2. The second-order valence-electron chi connectivity index (χ2n) is 6.92. The molecule has 0 bridgehead atoms. The molecule has 2 aromatic carbocycles. The summed E-state index contributed by atoms with van der Waals surface area (Å²) >= 11 is 0. The summed E-state index contributed by atoms with van der Waals surface area (Å²) in [6.07, 6.45) is -1.91. The maximum Gasteiger partial charge on any atom is 0.416 e. The van der Waals surface area contributed by atoms with Gasteiger partial charge in [-0.05, 0) is 23.3 Å². The first kappa shape index (κ1) is 22.3. The van der Waals surface area contributed by atoms with Crippen molar-refractivity contribution in [2.45, 2.75) is 39.2 Å². The third kappa shape index (κ3) is 6.84. The SMILES string of the molecule is CCc1nncn1CCNC(=NCc1cccc(C(F)(F)F)c1)NCc1ccccc1. The Morgan fingerprint density at radius 2 is 1.81 bits per heavy atom. The smallest absolute Gasteiger partial charge is 0.355 e. The van der Waals surface area contributed by atoms with E-state index in [-0.39, 0.29) is 6.54 Å². The lowest BCUT2D eigenvalue weighted by Crippen LogP contribution is -2.38. The van der Waals surface area contributed by atoms with Crippen molar-refractivity contribution in [3.63, 3.8) is 0 Å². The molecular weight excluding hydrogens is 405 g/mol. The van der Waals surface area contributed by atoms with Crippen molar-refractivity contribution in [3.8, 4) is 0 Å². The first-order valence-electron chi connectivity index (χ1n) is 10.0. The van der Waals surface area contributed by atoms with Crippen LogP contribution in [0, 0.1) is 0 Å². The van der Waals surface area contributed by atoms with Gasteiger partial charge in [0.25, 0.3) is 0 Å². The van der Waals surface area contributed by atoms with Crippen LogP contribution in [0.4, 0.5) is 13.2 Å². The van der Waals surface area contributed by atoms with Crippen molar-refractivity contribution in [1.29, 1.82) is 0 Å². The van der Waals surface area contributed by atoms with Gasteiger partial charge in [-0.1, -0.05) is 49.4 Å². The van der Waals surface area contributed by atoms with E-state index in [0.717, 1.165) is 29.9 Å². The summed E-state index contributed by atoms with van der Waals surface area (Å²) in [6, 6.07) is 15.0. The molecule has 0 saturated carbocycles. The van der Waals surface area contributed by atoms with Crippen molar-refractivity contribution in [2.75, 3.05) is 6.54 Å². The van der Waals surface area contributed by atoms with Gasteiger partial charge in [-0.25, -0.2) is 4.99 Å². The van der Waals surface area contributed by atoms with Crippen LogP contribution < -0.4 is 10.6 Å². The summed E-state index contributed by atoms with van der Waals surface area (Å²) in [5, 5.41) is 14.4. The molecule has 0 saturated heterocycles. The molecule has 3 aromatic rings. The lowest BCUT2D eigenvalue weighted by Gasteiger charge is -2.14. The van der Waals surface area contributed by atoms with Gasteiger partial charge in [0.2, 0.25) is 0 Å². The molecular formula is C22H25F3N6. The molecule has 9 heteroatoms. The van der Waals surface area contributed by atoms with Gasteiger partial charge in [-0.2, -0.15) is 13.2 Å². The number of alkyl halides is 3. The van der Waals surface area contributed by atoms with Gasteiger partial charge in [0.15, 0.2) is 5.96 Å². The quantitative estimate of drug-likeness (QED) is 0.422. The number of nitrogens with zero attached hydrogens (tertiary/aromatic N) is 4. The van der Waals surface area contributed by atoms with E-state index in [0.29, 0.717) is 31.2 Å². The fraction of sp³-hybridized carbons (Fsp3) is 0.318. The number of nitrogens with one attached hydrogen (secondary N) is 2. The zero-order chi connectivity index (χ0) is 22.1. The van der Waals surface area contributed by atoms with Crippen molar-refractivity contribution >= 4 is 5.96 Å². The highest BCUT2D eigenvalue weighted by Crippen LogP contribution is 2.29. The molecule has 0 aliphatic carbocycles. The van der Waals surface area contributed by atoms with E-state index in [1.165, 1.54) is 6.07 Å². The Labute approximate surface area is 179 Å². The van der Waals surface area contributed by atoms with Gasteiger partial charge < -0.3 is 15.2 Å². The van der Waals surface area contributed by atoms with E-state index in [9.17, 15) is 13.2 Å². The van der Waals surface area contributed by atoms with E-state index in [1.807, 2.05) is 41.8 Å². The van der Waals surface area contributed by atoms with Crippen LogP contribution in [0.1, 0.15) is 29.4 Å². The Morgan fingerprint density at radius 1 is 1.03 bits per heavy atom. The van der Waals surface area contributed by atoms with E-state index in [1.54, 1.807) is 12.4 Å². The summed E-state index contributed by atoms with van der Waals surface area (Å²) < 4.78 is 40.8. The van der Waals surface area contributed by atoms with Gasteiger partial charge in [-0.3, -0.25) is 0 Å². The van der Waals surface area contributed by atoms with Crippen LogP contribution >= 0.6 is 0 Å². The molecule has 0 spiro atoms. The predicted molar refractivity (Wildman–Crippen MR) is 113 cm³/mol. The molecule has 0 aliphatic heterocycles. The molecule has 0 fully saturated rings. The molecule has 6 nitrogen and oxygen atoms in total. The fourth-order valence-corrected chi connectivity index (χ4v) is 3.01. The molecule has 2 N–H and O–H groups in total. The van der Waals surface area contributed by atoms with E-state index in [4.69, 9.17) is 0 Å². The first-order chi connectivity index (χ1) is 15.0. The lowest BCUT2D eigenvalue weighted by molar-refractivity contribution is -0.137. The predicted octanol–water partition coefficient (Wildman–Crippen LogP) is 3.79. The lowest BCUT2D eigenvalue weighted by atomic mass is 10.1. The number of benzene rings is 2. The zero-order valence-electron chi connectivity index (χ0n) is 17.2. The Balaban J connectivity index is 1.66. The van der Waals surface area contributed by atoms with E-state index < -0.39 is 11.7 Å². The Hall–Kier alpha value is -3.36. The minimum atomic E-state index is -4.37. The van der Waals surface area contributed by atoms with Gasteiger partial charge in [0.05, 0.1) is 12.1 Å². The molecule has 0 radical (unpaired) electrons. The molecule has 164 valence electrons. The molecule has 31 heavy (non-hydrogen) atoms. The van der Waals surface area contributed by atoms with Crippen molar-refractivity contribution < 1.29 is 13.2 Å². The van der Waals surface area contributed by atoms with Crippen LogP contribution in [0.15, 0.2) is 65.9 Å². The van der Waals surface area contributed by atoms with E-state index in [2.05, 4.69) is 25.8 Å². The van der Waals surface area contributed by atoms with Gasteiger partial charge >= 0.3 is 6.18 Å². The number of hydrogen-bond acceptors (Lipinski definition) is 3. The molecule has 0 unspecified atom stereocenters. The summed E-state index contributed by atoms with van der Waals surface area (Å²) in [7, 11) is 0. The van der Waals surface area contributed by atoms with Crippen LogP contribution in [-0.2, 0) is 32.2 Å². The third-order valence-corrected chi connectivity index (χ3v) is 4.63. The highest BCUT2D eigenvalue weighted by atomic mass is 19.4. The largest absolute Gasteiger partial charge is 0.416 e. The number of guanidine groups is 1. The second kappa shape index (κ2) is 10.6. The summed E-state index contributed by atoms with van der Waals surface area (Å²) in [5.41, 5.74) is 0.887. The average molecular weight is 430 g/mol. The monoisotopic (exact) mass is 430 g/mol. The van der Waals surface area contributed by atoms with Crippen molar-refractivity contribution in [1.82, 2.24) is 25.4 Å². The van der Waals surface area contributed by atoms with Gasteiger partial charge in [-0.15, -0.1) is 10.2 Å². The number of aliphatic imine (C=N–C) groups is 1. The number of rotatable bonds is 8. The van der Waals surface area contributed by atoms with Crippen LogP contribution in [-0.4, -0.2) is 27.3 Å². The average Bonchev–Trinajstić information content (AvgIpc) is 3.23. The normalized spacial score (nSPS) is 12.1. The summed E-state index contributed by atoms with van der Waals surface area (Å²) in [4.78, 5) is 4.48. The fourth-order valence-electron chi connectivity index (χ4n) is 3.01. The maximum atomic E-state index is 13.0. The molecule has 1 aromatic heterocycles. The van der Waals surface area contributed by atoms with Gasteiger partial charge in [0.1, 0.15) is 12.2 Å². The minimum absolute atomic E-state index is 0.126. The Kier molecular flexibility index (Phi) is 7.64. The van der Waals surface area contributed by atoms with Crippen molar-refractivity contribution in [2.24, 2.45) is 4.99 Å². The van der Waals surface area contributed by atoms with Crippen LogP contribution in [0.3, 0.4) is 0 Å². The molecule has 0 amide bonds. The number of aryl methyl sites for hydroxylation is 1. The zero-order valence-corrected chi connectivity index (χ0v) is 17.2. The number of halogens is 3. The topological polar surface area (TPSA) is 67.1 Å². The standard InChI is InChI=1S/C22H25F3N6/c1-2-20-30-29-16-31(20)12-11-26-21(27-14-17-7-4-3-5-8-17)28-15-18-9-6-10-19(13-18)22(23,24)25/h3-10,13,16H,2,11-12,14-15H2,1H3,(H2,26,27,28). The van der Waals surface area contributed by atoms with Crippen LogP contribution in [0.5, 0.6) is 0 Å². The molecule has 0 aliphatic rings. The number of aromatic nitrogens is 3. The highest BCUT2D eigenvalue weighted by molar-refractivity contribution is 5.79. The maximum absolute atomic E-state index is 13.0. The first-order valence-corrected chi connectivity index (χ1v) is 10.0. The summed E-state index contributed by atoms with van der Waals surface area (Å²) in [5.74, 6) is 1.41. The minimum Gasteiger partial charge on any atom is -0.355 e. The molecule has 3 rings (SSSR count). The Bertz CT molecular complexity index is 982. The highest BCUT2D eigenvalue weighted by Gasteiger charge is 2.30. The second-order valence-corrected chi connectivity index (χ2v) is 6.92. The van der Waals surface area contributed by atoms with E-state index >= 15 is 0 Å². The third-order valence-electron chi connectivity index (χ3n) is 4.63. The van der Waals surface area contributed by atoms with Crippen LogP contribution in [0.2, 0.25) is 0 Å².